The van der Waals surface area contributed by atoms with Crippen LogP contribution in [0.3, 0.4) is 0 Å². The predicted molar refractivity (Wildman–Crippen MR) is 110 cm³/mol. The molecule has 1 saturated heterocycles. The molecule has 0 aliphatic carbocycles. The van der Waals surface area contributed by atoms with Gasteiger partial charge in [-0.25, -0.2) is 9.98 Å². The van der Waals surface area contributed by atoms with Crippen LogP contribution in [-0.2, 0) is 10.3 Å². The summed E-state index contributed by atoms with van der Waals surface area (Å²) in [5.74, 6) is 0.667. The number of aryl methyl sites for hydroxylation is 1. The van der Waals surface area contributed by atoms with Crippen molar-refractivity contribution in [3.05, 3.63) is 44.7 Å². The highest BCUT2D eigenvalue weighted by Crippen LogP contribution is 2.49. The molecule has 27 heavy (non-hydrogen) atoms. The number of thiophene rings is 1. The molecule has 2 aromatic rings. The summed E-state index contributed by atoms with van der Waals surface area (Å²) in [7, 11) is 1.87. The number of nitrogens with one attached hydrogen (secondary N) is 1. The molecule has 2 aliphatic rings. The van der Waals surface area contributed by atoms with Crippen molar-refractivity contribution < 1.29 is 9.53 Å². The molecule has 0 aromatic carbocycles. The Morgan fingerprint density at radius 1 is 1.52 bits per heavy atom. The zero-order valence-corrected chi connectivity index (χ0v) is 17.1. The van der Waals surface area contributed by atoms with Crippen molar-refractivity contribution in [1.82, 2.24) is 9.29 Å². The fourth-order valence-corrected chi connectivity index (χ4v) is 5.87. The van der Waals surface area contributed by atoms with Gasteiger partial charge in [0.25, 0.3) is 5.91 Å². The van der Waals surface area contributed by atoms with Gasteiger partial charge in [0.15, 0.2) is 0 Å². The number of ether oxygens (including phenoxy) is 1. The first-order chi connectivity index (χ1) is 12.9. The van der Waals surface area contributed by atoms with Gasteiger partial charge in [0.05, 0.1) is 33.2 Å². The standard InChI is InChI=1S/C17H18ClN5O2S2/c1-9-4-3-5-13(20-9)21-15(24)11-6-10(18)14(26-11)17-8-25-7-12(17)27-23(2)16(19)22-17/h3-6,12H,7-8H2,1-2H3,(H2,19,22)(H,20,21,24)/t12?,17-/m0/s1. The minimum Gasteiger partial charge on any atom is -0.377 e. The molecule has 0 spiro atoms. The number of amides is 1. The van der Waals surface area contributed by atoms with Crippen LogP contribution in [0, 0.1) is 6.92 Å². The van der Waals surface area contributed by atoms with Gasteiger partial charge >= 0.3 is 0 Å². The van der Waals surface area contributed by atoms with Crippen molar-refractivity contribution in [3.63, 3.8) is 0 Å². The van der Waals surface area contributed by atoms with Crippen LogP contribution in [0.15, 0.2) is 29.3 Å². The van der Waals surface area contributed by atoms with E-state index in [1.807, 2.05) is 30.4 Å². The lowest BCUT2D eigenvalue weighted by Gasteiger charge is -2.36. The smallest absolute Gasteiger partial charge is 0.266 e. The van der Waals surface area contributed by atoms with Gasteiger partial charge in [0.2, 0.25) is 5.96 Å². The number of hydrogen-bond acceptors (Lipinski definition) is 8. The molecule has 0 saturated carbocycles. The van der Waals surface area contributed by atoms with Gasteiger partial charge in [0.1, 0.15) is 11.4 Å². The van der Waals surface area contributed by atoms with Crippen molar-refractivity contribution >= 4 is 52.6 Å². The first-order valence-electron chi connectivity index (χ1n) is 8.27. The third kappa shape index (κ3) is 3.29. The second-order valence-electron chi connectivity index (χ2n) is 6.41. The van der Waals surface area contributed by atoms with E-state index in [4.69, 9.17) is 27.1 Å². The summed E-state index contributed by atoms with van der Waals surface area (Å²) in [4.78, 5) is 23.0. The molecule has 3 N–H and O–H groups in total. The molecule has 4 heterocycles. The Kier molecular flexibility index (Phi) is 4.79. The maximum Gasteiger partial charge on any atom is 0.266 e. The predicted octanol–water partition coefficient (Wildman–Crippen LogP) is 2.86. The fourth-order valence-electron chi connectivity index (χ4n) is 3.12. The minimum absolute atomic E-state index is 0.0558. The van der Waals surface area contributed by atoms with Crippen molar-refractivity contribution in [2.24, 2.45) is 10.7 Å². The van der Waals surface area contributed by atoms with Gasteiger partial charge in [0, 0.05) is 12.7 Å². The Morgan fingerprint density at radius 2 is 2.33 bits per heavy atom. The van der Waals surface area contributed by atoms with Crippen LogP contribution in [0.5, 0.6) is 0 Å². The van der Waals surface area contributed by atoms with Crippen LogP contribution in [0.1, 0.15) is 20.2 Å². The van der Waals surface area contributed by atoms with Crippen molar-refractivity contribution in [1.29, 1.82) is 0 Å². The average Bonchev–Trinajstić information content (AvgIpc) is 3.19. The van der Waals surface area contributed by atoms with E-state index in [2.05, 4.69) is 10.3 Å². The maximum atomic E-state index is 12.7. The Balaban J connectivity index is 1.66. The van der Waals surface area contributed by atoms with E-state index >= 15 is 0 Å². The van der Waals surface area contributed by atoms with Crippen molar-refractivity contribution in [2.75, 3.05) is 25.6 Å². The van der Waals surface area contributed by atoms with Gasteiger partial charge in [-0.2, -0.15) is 0 Å². The Bertz CT molecular complexity index is 934. The summed E-state index contributed by atoms with van der Waals surface area (Å²) >= 11 is 9.42. The SMILES string of the molecule is Cc1cccc(NC(=O)c2cc(Cl)c([C@]34COCC3SN(C)C(N)=N4)s2)n1. The zero-order valence-electron chi connectivity index (χ0n) is 14.7. The maximum absolute atomic E-state index is 12.7. The van der Waals surface area contributed by atoms with Crippen LogP contribution in [0.4, 0.5) is 5.82 Å². The number of carbonyl (C=O) groups excluding carboxylic acids is 1. The quantitative estimate of drug-likeness (QED) is 0.737. The number of hydrogen-bond donors (Lipinski definition) is 2. The lowest BCUT2D eigenvalue weighted by molar-refractivity contribution is 0.103. The van der Waals surface area contributed by atoms with Gasteiger partial charge in [-0.3, -0.25) is 9.10 Å². The third-order valence-corrected chi connectivity index (χ3v) is 7.47. The zero-order chi connectivity index (χ0) is 19.2. The van der Waals surface area contributed by atoms with E-state index in [1.165, 1.54) is 11.3 Å². The highest BCUT2D eigenvalue weighted by molar-refractivity contribution is 7.98. The number of aromatic nitrogens is 1. The van der Waals surface area contributed by atoms with E-state index < -0.39 is 5.54 Å². The third-order valence-electron chi connectivity index (χ3n) is 4.48. The monoisotopic (exact) mass is 423 g/mol. The molecule has 7 nitrogen and oxygen atoms in total. The van der Waals surface area contributed by atoms with Crippen LogP contribution >= 0.6 is 34.9 Å². The van der Waals surface area contributed by atoms with Crippen molar-refractivity contribution in [2.45, 2.75) is 17.7 Å². The van der Waals surface area contributed by atoms with E-state index in [9.17, 15) is 4.79 Å². The number of aliphatic imine (C=N–C) groups is 1. The molecule has 2 aliphatic heterocycles. The molecule has 142 valence electrons. The number of anilines is 1. The number of nitrogens with two attached hydrogens (primary N) is 1. The summed E-state index contributed by atoms with van der Waals surface area (Å²) in [5.41, 5.74) is 6.23. The number of rotatable bonds is 3. The summed E-state index contributed by atoms with van der Waals surface area (Å²) in [6.07, 6.45) is 0. The molecule has 1 amide bonds. The molecule has 0 bridgehead atoms. The highest BCUT2D eigenvalue weighted by atomic mass is 35.5. The number of fused-ring (bicyclic) bond motifs is 1. The topological polar surface area (TPSA) is 92.8 Å². The minimum atomic E-state index is -0.664. The largest absolute Gasteiger partial charge is 0.377 e. The van der Waals surface area contributed by atoms with Gasteiger partial charge in [-0.1, -0.05) is 17.7 Å². The first-order valence-corrected chi connectivity index (χ1v) is 10.3. The van der Waals surface area contributed by atoms with Gasteiger partial charge in [-0.15, -0.1) is 11.3 Å². The summed E-state index contributed by atoms with van der Waals surface area (Å²) < 4.78 is 7.54. The second-order valence-corrected chi connectivity index (χ2v) is 9.19. The molecule has 1 fully saturated rings. The van der Waals surface area contributed by atoms with E-state index in [-0.39, 0.29) is 11.2 Å². The van der Waals surface area contributed by atoms with Crippen LogP contribution in [0.2, 0.25) is 5.02 Å². The normalized spacial score (nSPS) is 24.5. The lowest BCUT2D eigenvalue weighted by atomic mass is 9.96. The molecule has 0 radical (unpaired) electrons. The highest BCUT2D eigenvalue weighted by Gasteiger charge is 2.52. The molecule has 10 heteroatoms. The van der Waals surface area contributed by atoms with E-state index in [0.717, 1.165) is 10.6 Å². The Labute approximate surface area is 170 Å². The Morgan fingerprint density at radius 3 is 3.11 bits per heavy atom. The summed E-state index contributed by atoms with van der Waals surface area (Å²) in [5, 5.41) is 3.37. The lowest BCUT2D eigenvalue weighted by Crippen LogP contribution is -2.46. The molecular formula is C17H18ClN5O2S2. The van der Waals surface area contributed by atoms with Crippen LogP contribution in [0.25, 0.3) is 0 Å². The van der Waals surface area contributed by atoms with Crippen LogP contribution < -0.4 is 11.1 Å². The van der Waals surface area contributed by atoms with Gasteiger partial charge < -0.3 is 15.8 Å². The Hall–Kier alpha value is -1.81. The number of halogens is 1. The summed E-state index contributed by atoms with van der Waals surface area (Å²) in [6, 6.07) is 7.14. The number of pyridine rings is 1. The fraction of sp³-hybridized carbons (Fsp3) is 0.353. The number of guanidine groups is 1. The van der Waals surface area contributed by atoms with E-state index in [1.54, 1.807) is 24.1 Å². The molecular weight excluding hydrogens is 406 g/mol. The van der Waals surface area contributed by atoms with E-state index in [0.29, 0.717) is 34.9 Å². The van der Waals surface area contributed by atoms with Gasteiger partial charge in [-0.05, 0) is 37.1 Å². The average molecular weight is 424 g/mol. The molecule has 1 unspecified atom stereocenters. The van der Waals surface area contributed by atoms with Crippen molar-refractivity contribution in [3.8, 4) is 0 Å². The van der Waals surface area contributed by atoms with Crippen LogP contribution in [-0.4, -0.2) is 46.7 Å². The molecule has 4 rings (SSSR count). The molecule has 2 aromatic heterocycles. The first kappa shape index (κ1) is 18.5. The summed E-state index contributed by atoms with van der Waals surface area (Å²) in [6.45, 7) is 2.81. The number of carbonyl (C=O) groups is 1. The number of nitrogens with zero attached hydrogens (tertiary/aromatic N) is 3. The molecule has 2 atom stereocenters. The second kappa shape index (κ2) is 6.97.